The van der Waals surface area contributed by atoms with Gasteiger partial charge in [0.2, 0.25) is 0 Å². The summed E-state index contributed by atoms with van der Waals surface area (Å²) in [4.78, 5) is 4.15. The van der Waals surface area contributed by atoms with E-state index in [1.165, 1.54) is 0 Å². The predicted molar refractivity (Wildman–Crippen MR) is 92.7 cm³/mol. The van der Waals surface area contributed by atoms with Crippen LogP contribution in [0.25, 0.3) is 11.3 Å². The Morgan fingerprint density at radius 3 is 2.84 bits per heavy atom. The van der Waals surface area contributed by atoms with Gasteiger partial charge < -0.3 is 18.9 Å². The molecule has 6 nitrogen and oxygen atoms in total. The SMILES string of the molecule is COCC#Cc1ccc(-c2cc(Cn3ccnc3C(C)O)no2)cc1. The van der Waals surface area contributed by atoms with E-state index in [0.717, 1.165) is 16.8 Å². The lowest BCUT2D eigenvalue weighted by molar-refractivity contribution is 0.184. The van der Waals surface area contributed by atoms with Gasteiger partial charge in [-0.2, -0.15) is 0 Å². The van der Waals surface area contributed by atoms with Crippen molar-refractivity contribution in [2.24, 2.45) is 0 Å². The van der Waals surface area contributed by atoms with E-state index < -0.39 is 6.10 Å². The molecule has 1 atom stereocenters. The molecule has 1 aromatic carbocycles. The van der Waals surface area contributed by atoms with Crippen molar-refractivity contribution < 1.29 is 14.4 Å². The number of hydrogen-bond donors (Lipinski definition) is 1. The highest BCUT2D eigenvalue weighted by Crippen LogP contribution is 2.21. The van der Waals surface area contributed by atoms with Gasteiger partial charge in [0, 0.05) is 36.7 Å². The van der Waals surface area contributed by atoms with Crippen LogP contribution in [0.5, 0.6) is 0 Å². The van der Waals surface area contributed by atoms with Crippen LogP contribution < -0.4 is 0 Å². The number of aliphatic hydroxyl groups is 1. The second-order valence-corrected chi connectivity index (χ2v) is 5.58. The summed E-state index contributed by atoms with van der Waals surface area (Å²) in [6, 6.07) is 9.64. The maximum absolute atomic E-state index is 9.71. The topological polar surface area (TPSA) is 73.3 Å². The normalized spacial score (nSPS) is 11.8. The zero-order chi connectivity index (χ0) is 17.6. The molecule has 0 aliphatic heterocycles. The largest absolute Gasteiger partial charge is 0.385 e. The number of benzene rings is 1. The molecule has 1 N–H and O–H groups in total. The quantitative estimate of drug-likeness (QED) is 0.725. The first-order valence-corrected chi connectivity index (χ1v) is 7.90. The van der Waals surface area contributed by atoms with E-state index >= 15 is 0 Å². The molecule has 2 aromatic heterocycles. The molecule has 0 saturated carbocycles. The summed E-state index contributed by atoms with van der Waals surface area (Å²) in [5.41, 5.74) is 2.61. The Morgan fingerprint density at radius 2 is 2.12 bits per heavy atom. The lowest BCUT2D eigenvalue weighted by atomic mass is 10.1. The predicted octanol–water partition coefficient (Wildman–Crippen LogP) is 2.64. The highest BCUT2D eigenvalue weighted by molar-refractivity contribution is 5.59. The second-order valence-electron chi connectivity index (χ2n) is 5.58. The zero-order valence-electron chi connectivity index (χ0n) is 14.1. The molecule has 1 unspecified atom stereocenters. The smallest absolute Gasteiger partial charge is 0.167 e. The highest BCUT2D eigenvalue weighted by Gasteiger charge is 2.12. The Morgan fingerprint density at radius 1 is 1.32 bits per heavy atom. The van der Waals surface area contributed by atoms with Gasteiger partial charge in [-0.1, -0.05) is 17.0 Å². The van der Waals surface area contributed by atoms with E-state index in [-0.39, 0.29) is 0 Å². The number of hydrogen-bond acceptors (Lipinski definition) is 5. The summed E-state index contributed by atoms with van der Waals surface area (Å²) >= 11 is 0. The summed E-state index contributed by atoms with van der Waals surface area (Å²) in [7, 11) is 1.62. The molecule has 2 heterocycles. The molecule has 0 spiro atoms. The van der Waals surface area contributed by atoms with Gasteiger partial charge in [0.15, 0.2) is 5.76 Å². The Kier molecular flexibility index (Phi) is 5.29. The van der Waals surface area contributed by atoms with E-state index in [4.69, 9.17) is 9.26 Å². The molecule has 3 aromatic rings. The number of nitrogens with zero attached hydrogens (tertiary/aromatic N) is 3. The molecule has 0 aliphatic rings. The van der Waals surface area contributed by atoms with Gasteiger partial charge in [-0.3, -0.25) is 0 Å². The summed E-state index contributed by atoms with van der Waals surface area (Å²) in [5, 5.41) is 13.8. The fourth-order valence-electron chi connectivity index (χ4n) is 2.45. The van der Waals surface area contributed by atoms with Gasteiger partial charge >= 0.3 is 0 Å². The van der Waals surface area contributed by atoms with E-state index in [1.54, 1.807) is 20.2 Å². The van der Waals surface area contributed by atoms with Crippen molar-refractivity contribution >= 4 is 0 Å². The third-order valence-corrected chi connectivity index (χ3v) is 3.63. The molecule has 0 radical (unpaired) electrons. The van der Waals surface area contributed by atoms with Crippen molar-refractivity contribution in [1.82, 2.24) is 14.7 Å². The summed E-state index contributed by atoms with van der Waals surface area (Å²) in [5.74, 6) is 7.22. The van der Waals surface area contributed by atoms with Gasteiger partial charge in [-0.05, 0) is 31.2 Å². The van der Waals surface area contributed by atoms with Crippen molar-refractivity contribution in [3.8, 4) is 23.2 Å². The molecule has 0 saturated heterocycles. The third kappa shape index (κ3) is 4.15. The van der Waals surface area contributed by atoms with Gasteiger partial charge in [-0.25, -0.2) is 4.98 Å². The lowest BCUT2D eigenvalue weighted by Gasteiger charge is -2.07. The Bertz CT molecular complexity index is 883. The Labute approximate surface area is 146 Å². The van der Waals surface area contributed by atoms with Gasteiger partial charge in [0.05, 0.1) is 6.54 Å². The van der Waals surface area contributed by atoms with E-state index in [2.05, 4.69) is 22.0 Å². The zero-order valence-corrected chi connectivity index (χ0v) is 14.1. The molecular formula is C19H19N3O3. The Hall–Kier alpha value is -2.88. The van der Waals surface area contributed by atoms with Crippen molar-refractivity contribution in [2.45, 2.75) is 19.6 Å². The van der Waals surface area contributed by atoms with E-state index in [0.29, 0.717) is 24.7 Å². The average molecular weight is 337 g/mol. The first-order valence-electron chi connectivity index (χ1n) is 7.90. The van der Waals surface area contributed by atoms with Crippen molar-refractivity contribution in [3.63, 3.8) is 0 Å². The van der Waals surface area contributed by atoms with Crippen LogP contribution in [0.15, 0.2) is 47.2 Å². The first-order chi connectivity index (χ1) is 12.2. The minimum absolute atomic E-state index is 0.413. The molecule has 6 heteroatoms. The van der Waals surface area contributed by atoms with Crippen molar-refractivity contribution in [2.75, 3.05) is 13.7 Å². The molecular weight excluding hydrogens is 318 g/mol. The van der Waals surface area contributed by atoms with Crippen molar-refractivity contribution in [1.29, 1.82) is 0 Å². The van der Waals surface area contributed by atoms with Gasteiger partial charge in [0.25, 0.3) is 0 Å². The van der Waals surface area contributed by atoms with Crippen LogP contribution >= 0.6 is 0 Å². The molecule has 0 fully saturated rings. The van der Waals surface area contributed by atoms with E-state index in [9.17, 15) is 5.11 Å². The van der Waals surface area contributed by atoms with Crippen LogP contribution in [0, 0.1) is 11.8 Å². The fraction of sp³-hybridized carbons (Fsp3) is 0.263. The minimum atomic E-state index is -0.631. The first kappa shape index (κ1) is 17.0. The minimum Gasteiger partial charge on any atom is -0.385 e. The van der Waals surface area contributed by atoms with Crippen LogP contribution in [0.2, 0.25) is 0 Å². The van der Waals surface area contributed by atoms with Crippen LogP contribution in [-0.2, 0) is 11.3 Å². The number of imidazole rings is 1. The maximum atomic E-state index is 9.71. The number of aliphatic hydroxyl groups excluding tert-OH is 1. The van der Waals surface area contributed by atoms with Gasteiger partial charge in [-0.15, -0.1) is 0 Å². The summed E-state index contributed by atoms with van der Waals surface area (Å²) in [6.45, 7) is 2.59. The highest BCUT2D eigenvalue weighted by atomic mass is 16.5. The molecule has 0 amide bonds. The maximum Gasteiger partial charge on any atom is 0.167 e. The third-order valence-electron chi connectivity index (χ3n) is 3.63. The van der Waals surface area contributed by atoms with Crippen LogP contribution in [0.4, 0.5) is 0 Å². The summed E-state index contributed by atoms with van der Waals surface area (Å²) < 4.78 is 12.2. The molecule has 0 aliphatic carbocycles. The number of rotatable bonds is 5. The molecule has 0 bridgehead atoms. The lowest BCUT2D eigenvalue weighted by Crippen LogP contribution is -2.07. The van der Waals surface area contributed by atoms with Gasteiger partial charge in [0.1, 0.15) is 24.2 Å². The van der Waals surface area contributed by atoms with Crippen molar-refractivity contribution in [3.05, 3.63) is 59.8 Å². The van der Waals surface area contributed by atoms with Crippen LogP contribution in [0.1, 0.15) is 30.1 Å². The fourth-order valence-corrected chi connectivity index (χ4v) is 2.45. The average Bonchev–Trinajstić information content (AvgIpc) is 3.26. The molecule has 25 heavy (non-hydrogen) atoms. The Balaban J connectivity index is 1.73. The molecule has 128 valence electrons. The standard InChI is InChI=1S/C19H19N3O3/c1-14(23)19-20-9-10-22(19)13-17-12-18(25-21-17)16-7-5-15(6-8-16)4-3-11-24-2/h5-10,12,14,23H,11,13H2,1-2H3. The monoisotopic (exact) mass is 337 g/mol. The number of aromatic nitrogens is 3. The molecule has 3 rings (SSSR count). The van der Waals surface area contributed by atoms with Crippen LogP contribution in [-0.4, -0.2) is 33.5 Å². The van der Waals surface area contributed by atoms with E-state index in [1.807, 2.05) is 41.1 Å². The second kappa shape index (κ2) is 7.79. The number of ether oxygens (including phenoxy) is 1. The summed E-state index contributed by atoms with van der Waals surface area (Å²) in [6.07, 6.45) is 2.84. The number of methoxy groups -OCH3 is 1. The van der Waals surface area contributed by atoms with Crippen LogP contribution in [0.3, 0.4) is 0 Å².